The average Bonchev–Trinajstić information content (AvgIpc) is 2.45. The van der Waals surface area contributed by atoms with Gasteiger partial charge in [-0.05, 0) is 40.4 Å². The molecule has 0 atom stereocenters. The van der Waals surface area contributed by atoms with Crippen molar-refractivity contribution in [1.29, 1.82) is 0 Å². The summed E-state index contributed by atoms with van der Waals surface area (Å²) >= 11 is 0. The summed E-state index contributed by atoms with van der Waals surface area (Å²) in [6.45, 7) is 9.25. The van der Waals surface area contributed by atoms with Crippen molar-refractivity contribution in [3.8, 4) is 0 Å². The van der Waals surface area contributed by atoms with Gasteiger partial charge >= 0.3 is 0 Å². The first-order valence-corrected chi connectivity index (χ1v) is 11.0. The molecule has 0 saturated heterocycles. The minimum absolute atomic E-state index is 0.175. The summed E-state index contributed by atoms with van der Waals surface area (Å²) in [5.74, 6) is -0.175. The van der Waals surface area contributed by atoms with Crippen LogP contribution < -0.4 is 0 Å². The van der Waals surface area contributed by atoms with E-state index in [-0.39, 0.29) is 5.82 Å². The van der Waals surface area contributed by atoms with Gasteiger partial charge in [0.1, 0.15) is 5.82 Å². The van der Waals surface area contributed by atoms with Gasteiger partial charge in [-0.2, -0.15) is 0 Å². The fraction of sp³-hybridized carbons (Fsp3) is 0.263. The van der Waals surface area contributed by atoms with Crippen molar-refractivity contribution in [2.24, 2.45) is 0 Å². The molecule has 110 valence electrons. The smallest absolute Gasteiger partial charge is 0.123 e. The predicted molar refractivity (Wildman–Crippen MR) is 93.3 cm³/mol. The Balaban J connectivity index is 2.68. The maximum absolute atomic E-state index is 13.2. The summed E-state index contributed by atoms with van der Waals surface area (Å²) in [5.41, 5.74) is 3.83. The highest BCUT2D eigenvalue weighted by molar-refractivity contribution is 6.95. The van der Waals surface area contributed by atoms with E-state index in [4.69, 9.17) is 0 Å². The van der Waals surface area contributed by atoms with Crippen LogP contribution in [-0.2, 0) is 0 Å². The van der Waals surface area contributed by atoms with Crippen molar-refractivity contribution in [1.82, 2.24) is 0 Å². The average molecular weight is 298 g/mol. The van der Waals surface area contributed by atoms with Crippen molar-refractivity contribution in [3.63, 3.8) is 0 Å². The maximum atomic E-state index is 13.2. The van der Waals surface area contributed by atoms with Crippen LogP contribution in [0.15, 0.2) is 54.6 Å². The van der Waals surface area contributed by atoms with Crippen LogP contribution in [0.1, 0.15) is 24.5 Å². The Morgan fingerprint density at radius 1 is 0.857 bits per heavy atom. The fourth-order valence-electron chi connectivity index (χ4n) is 2.84. The molecule has 2 aromatic carbocycles. The Labute approximate surface area is 128 Å². The summed E-state index contributed by atoms with van der Waals surface area (Å²) < 4.78 is 13.2. The molecule has 0 unspecified atom stereocenters. The molecule has 2 heteroatoms. The third-order valence-corrected chi connectivity index (χ3v) is 5.75. The van der Waals surface area contributed by atoms with E-state index in [0.29, 0.717) is 0 Å². The van der Waals surface area contributed by atoms with Crippen molar-refractivity contribution < 1.29 is 4.39 Å². The van der Waals surface area contributed by atoms with E-state index < -0.39 is 8.07 Å². The van der Waals surface area contributed by atoms with E-state index in [0.717, 1.165) is 12.0 Å². The van der Waals surface area contributed by atoms with Crippen LogP contribution in [0.4, 0.5) is 4.39 Å². The molecule has 0 heterocycles. The SMILES string of the molecule is CCC(=C(c1ccc(F)cc1)[Si](C)(C)C)c1ccccc1. The van der Waals surface area contributed by atoms with Crippen molar-refractivity contribution in [2.45, 2.75) is 33.0 Å². The van der Waals surface area contributed by atoms with Crippen LogP contribution >= 0.6 is 0 Å². The molecular formula is C19H23FSi. The molecule has 0 bridgehead atoms. The zero-order chi connectivity index (χ0) is 15.5. The van der Waals surface area contributed by atoms with Crippen LogP contribution in [0.2, 0.25) is 19.6 Å². The molecule has 0 aliphatic rings. The minimum Gasteiger partial charge on any atom is -0.207 e. The van der Waals surface area contributed by atoms with E-state index >= 15 is 0 Å². The van der Waals surface area contributed by atoms with Gasteiger partial charge in [-0.15, -0.1) is 0 Å². The highest BCUT2D eigenvalue weighted by atomic mass is 28.3. The van der Waals surface area contributed by atoms with Gasteiger partial charge in [0.15, 0.2) is 0 Å². The van der Waals surface area contributed by atoms with Gasteiger partial charge in [-0.25, -0.2) is 4.39 Å². The molecule has 0 fully saturated rings. The molecule has 0 radical (unpaired) electrons. The Morgan fingerprint density at radius 2 is 1.43 bits per heavy atom. The molecule has 0 aliphatic carbocycles. The van der Waals surface area contributed by atoms with Gasteiger partial charge in [0.05, 0.1) is 8.07 Å². The fourth-order valence-corrected chi connectivity index (χ4v) is 5.10. The van der Waals surface area contributed by atoms with E-state index in [1.54, 1.807) is 12.1 Å². The van der Waals surface area contributed by atoms with Gasteiger partial charge in [-0.3, -0.25) is 0 Å². The Hall–Kier alpha value is -1.67. The predicted octanol–water partition coefficient (Wildman–Crippen LogP) is 6.02. The van der Waals surface area contributed by atoms with Crippen LogP contribution in [-0.4, -0.2) is 8.07 Å². The lowest BCUT2D eigenvalue weighted by Gasteiger charge is -2.26. The lowest BCUT2D eigenvalue weighted by Crippen LogP contribution is -2.24. The third kappa shape index (κ3) is 3.70. The molecular weight excluding hydrogens is 275 g/mol. The number of benzene rings is 2. The third-order valence-electron chi connectivity index (χ3n) is 3.66. The van der Waals surface area contributed by atoms with Gasteiger partial charge in [0, 0.05) is 0 Å². The largest absolute Gasteiger partial charge is 0.207 e. The number of halogens is 1. The second-order valence-electron chi connectivity index (χ2n) is 6.33. The first-order chi connectivity index (χ1) is 9.93. The second kappa shape index (κ2) is 6.40. The zero-order valence-corrected chi connectivity index (χ0v) is 14.3. The van der Waals surface area contributed by atoms with Gasteiger partial charge in [-0.1, -0.05) is 69.0 Å². The van der Waals surface area contributed by atoms with Crippen molar-refractivity contribution in [3.05, 3.63) is 71.5 Å². The lowest BCUT2D eigenvalue weighted by atomic mass is 10.0. The summed E-state index contributed by atoms with van der Waals surface area (Å²) in [6, 6.07) is 17.5. The van der Waals surface area contributed by atoms with Crippen LogP contribution in [0.5, 0.6) is 0 Å². The number of rotatable bonds is 4. The van der Waals surface area contributed by atoms with Gasteiger partial charge in [0.2, 0.25) is 0 Å². The summed E-state index contributed by atoms with van der Waals surface area (Å²) in [6.07, 6.45) is 0.987. The van der Waals surface area contributed by atoms with Gasteiger partial charge < -0.3 is 0 Å². The summed E-state index contributed by atoms with van der Waals surface area (Å²) in [5, 5.41) is 1.43. The highest BCUT2D eigenvalue weighted by Gasteiger charge is 2.24. The molecule has 0 nitrogen and oxygen atoms in total. The second-order valence-corrected chi connectivity index (χ2v) is 11.3. The molecule has 0 saturated carbocycles. The van der Waals surface area contributed by atoms with E-state index in [1.807, 2.05) is 18.2 Å². The first-order valence-electron chi connectivity index (χ1n) is 7.48. The lowest BCUT2D eigenvalue weighted by molar-refractivity contribution is 0.627. The maximum Gasteiger partial charge on any atom is 0.123 e. The van der Waals surface area contributed by atoms with Gasteiger partial charge in [0.25, 0.3) is 0 Å². The van der Waals surface area contributed by atoms with E-state index in [2.05, 4.69) is 50.8 Å². The van der Waals surface area contributed by atoms with E-state index in [1.165, 1.54) is 16.3 Å². The molecule has 21 heavy (non-hydrogen) atoms. The Bertz CT molecular complexity index is 619. The molecule has 0 aromatic heterocycles. The molecule has 0 N–H and O–H groups in total. The van der Waals surface area contributed by atoms with Crippen molar-refractivity contribution in [2.75, 3.05) is 0 Å². The summed E-state index contributed by atoms with van der Waals surface area (Å²) in [4.78, 5) is 0. The minimum atomic E-state index is -1.55. The van der Waals surface area contributed by atoms with Crippen LogP contribution in [0.3, 0.4) is 0 Å². The molecule has 0 aliphatic heterocycles. The van der Waals surface area contributed by atoms with Crippen molar-refractivity contribution >= 4 is 18.8 Å². The first kappa shape index (κ1) is 15.7. The number of hydrogen-bond acceptors (Lipinski definition) is 0. The topological polar surface area (TPSA) is 0 Å². The number of hydrogen-bond donors (Lipinski definition) is 0. The molecule has 2 aromatic rings. The Morgan fingerprint density at radius 3 is 1.90 bits per heavy atom. The zero-order valence-electron chi connectivity index (χ0n) is 13.3. The Kier molecular flexibility index (Phi) is 4.79. The molecule has 2 rings (SSSR count). The highest BCUT2D eigenvalue weighted by Crippen LogP contribution is 2.35. The van der Waals surface area contributed by atoms with Crippen LogP contribution in [0.25, 0.3) is 10.8 Å². The normalized spacial score (nSPS) is 13.0. The number of allylic oxidation sites excluding steroid dienone is 1. The molecule has 0 amide bonds. The summed E-state index contributed by atoms with van der Waals surface area (Å²) in [7, 11) is -1.55. The molecule has 0 spiro atoms. The standard InChI is InChI=1S/C19H23FSi/c1-5-18(15-9-7-6-8-10-15)19(21(2,3)4)16-11-13-17(20)14-12-16/h6-14H,5H2,1-4H3. The monoisotopic (exact) mass is 298 g/mol. The van der Waals surface area contributed by atoms with E-state index in [9.17, 15) is 4.39 Å². The van der Waals surface area contributed by atoms with Crippen LogP contribution in [0, 0.1) is 5.82 Å². The quantitative estimate of drug-likeness (QED) is 0.478.